The molecule has 1 aromatic heterocycles. The second kappa shape index (κ2) is 3.17. The number of aliphatic hydroxyl groups is 1. The van der Waals surface area contributed by atoms with Crippen molar-refractivity contribution in [1.82, 2.24) is 10.2 Å². The van der Waals surface area contributed by atoms with Crippen LogP contribution in [-0.4, -0.2) is 28.0 Å². The van der Waals surface area contributed by atoms with Gasteiger partial charge in [-0.15, -0.1) is 5.10 Å². The van der Waals surface area contributed by atoms with Crippen LogP contribution in [0.3, 0.4) is 0 Å². The molecule has 10 heavy (non-hydrogen) atoms. The molecule has 0 saturated carbocycles. The highest BCUT2D eigenvalue weighted by Gasteiger charge is 2.01. The van der Waals surface area contributed by atoms with Crippen molar-refractivity contribution in [2.45, 2.75) is 13.0 Å². The molecule has 1 atom stereocenters. The van der Waals surface area contributed by atoms with E-state index < -0.39 is 0 Å². The second-order valence-corrected chi connectivity index (χ2v) is 1.97. The van der Waals surface area contributed by atoms with Gasteiger partial charge in [0, 0.05) is 0 Å². The van der Waals surface area contributed by atoms with Crippen molar-refractivity contribution in [3.8, 4) is 0 Å². The third kappa shape index (κ3) is 1.70. The predicted octanol–water partition coefficient (Wildman–Crippen LogP) is -0.138. The van der Waals surface area contributed by atoms with Gasteiger partial charge in [-0.2, -0.15) is 0 Å². The van der Waals surface area contributed by atoms with Crippen molar-refractivity contribution in [2.75, 3.05) is 11.9 Å². The standard InChI is InChI=1S/C5H9N3O2/c1-4(2-9)7-5-8-6-3-10-5/h3-4,9H,2H2,1H3,(H,7,8). The Balaban J connectivity index is 2.40. The molecular weight excluding hydrogens is 134 g/mol. The van der Waals surface area contributed by atoms with Crippen LogP contribution in [0.2, 0.25) is 0 Å². The number of rotatable bonds is 3. The van der Waals surface area contributed by atoms with E-state index in [-0.39, 0.29) is 12.6 Å². The summed E-state index contributed by atoms with van der Waals surface area (Å²) in [7, 11) is 0. The molecule has 0 aromatic carbocycles. The number of nitrogens with zero attached hydrogens (tertiary/aromatic N) is 2. The summed E-state index contributed by atoms with van der Waals surface area (Å²) in [6, 6.07) is 0.280. The fourth-order valence-electron chi connectivity index (χ4n) is 0.492. The average molecular weight is 143 g/mol. The van der Waals surface area contributed by atoms with Crippen LogP contribution < -0.4 is 5.32 Å². The van der Waals surface area contributed by atoms with Crippen LogP contribution in [0.15, 0.2) is 10.8 Å². The van der Waals surface area contributed by atoms with E-state index in [2.05, 4.69) is 15.5 Å². The lowest BCUT2D eigenvalue weighted by molar-refractivity contribution is 0.279. The molecule has 0 bridgehead atoms. The van der Waals surface area contributed by atoms with Crippen molar-refractivity contribution >= 4 is 6.01 Å². The quantitative estimate of drug-likeness (QED) is 0.616. The number of aromatic nitrogens is 2. The summed E-state index contributed by atoms with van der Waals surface area (Å²) in [5.41, 5.74) is 0. The maximum absolute atomic E-state index is 8.58. The number of nitrogens with one attached hydrogen (secondary N) is 1. The highest BCUT2D eigenvalue weighted by atomic mass is 16.4. The molecule has 0 aliphatic heterocycles. The van der Waals surface area contributed by atoms with Gasteiger partial charge in [-0.25, -0.2) is 0 Å². The summed E-state index contributed by atoms with van der Waals surface area (Å²) in [4.78, 5) is 0. The van der Waals surface area contributed by atoms with Crippen LogP contribution in [0.5, 0.6) is 0 Å². The van der Waals surface area contributed by atoms with Crippen LogP contribution >= 0.6 is 0 Å². The van der Waals surface area contributed by atoms with E-state index >= 15 is 0 Å². The summed E-state index contributed by atoms with van der Waals surface area (Å²) in [5.74, 6) is 0. The topological polar surface area (TPSA) is 71.2 Å². The molecule has 2 N–H and O–H groups in total. The number of anilines is 1. The van der Waals surface area contributed by atoms with E-state index in [1.807, 2.05) is 6.92 Å². The van der Waals surface area contributed by atoms with Crippen LogP contribution in [0.4, 0.5) is 6.01 Å². The summed E-state index contributed by atoms with van der Waals surface area (Å²) >= 11 is 0. The van der Waals surface area contributed by atoms with E-state index in [9.17, 15) is 0 Å². The number of hydrogen-bond donors (Lipinski definition) is 2. The van der Waals surface area contributed by atoms with Crippen LogP contribution in [0.1, 0.15) is 6.92 Å². The van der Waals surface area contributed by atoms with E-state index in [4.69, 9.17) is 9.52 Å². The first-order valence-corrected chi connectivity index (χ1v) is 2.96. The lowest BCUT2D eigenvalue weighted by Crippen LogP contribution is -2.19. The summed E-state index contributed by atoms with van der Waals surface area (Å²) in [6.07, 6.45) is 1.23. The Bertz CT molecular complexity index is 175. The minimum atomic E-state index is -0.0551. The predicted molar refractivity (Wildman–Crippen MR) is 34.5 cm³/mol. The summed E-state index contributed by atoms with van der Waals surface area (Å²) < 4.78 is 4.76. The monoisotopic (exact) mass is 143 g/mol. The maximum Gasteiger partial charge on any atom is 0.315 e. The van der Waals surface area contributed by atoms with Gasteiger partial charge in [0.1, 0.15) is 0 Å². The Kier molecular flexibility index (Phi) is 2.22. The van der Waals surface area contributed by atoms with Gasteiger partial charge >= 0.3 is 6.01 Å². The van der Waals surface area contributed by atoms with E-state index in [1.165, 1.54) is 6.39 Å². The molecule has 1 unspecified atom stereocenters. The normalized spacial score (nSPS) is 13.0. The highest BCUT2D eigenvalue weighted by Crippen LogP contribution is 1.99. The van der Waals surface area contributed by atoms with Crippen molar-refractivity contribution in [1.29, 1.82) is 0 Å². The molecular formula is C5H9N3O2. The third-order valence-corrected chi connectivity index (χ3v) is 1.00. The Hall–Kier alpha value is -1.10. The fraction of sp³-hybridized carbons (Fsp3) is 0.600. The van der Waals surface area contributed by atoms with Gasteiger partial charge in [-0.3, -0.25) is 0 Å². The smallest absolute Gasteiger partial charge is 0.315 e. The first kappa shape index (κ1) is 7.01. The molecule has 0 radical (unpaired) electrons. The van der Waals surface area contributed by atoms with Gasteiger partial charge in [0.2, 0.25) is 6.39 Å². The van der Waals surface area contributed by atoms with Gasteiger partial charge < -0.3 is 14.8 Å². The molecule has 0 amide bonds. The van der Waals surface area contributed by atoms with E-state index in [0.29, 0.717) is 6.01 Å². The van der Waals surface area contributed by atoms with Crippen molar-refractivity contribution < 1.29 is 9.52 Å². The van der Waals surface area contributed by atoms with Gasteiger partial charge in [0.25, 0.3) is 0 Å². The zero-order valence-corrected chi connectivity index (χ0v) is 5.61. The zero-order chi connectivity index (χ0) is 7.40. The van der Waals surface area contributed by atoms with Crippen molar-refractivity contribution in [3.05, 3.63) is 6.39 Å². The number of hydrogen-bond acceptors (Lipinski definition) is 5. The molecule has 5 heteroatoms. The lowest BCUT2D eigenvalue weighted by atomic mass is 10.4. The molecule has 1 rings (SSSR count). The fourth-order valence-corrected chi connectivity index (χ4v) is 0.492. The first-order valence-electron chi connectivity index (χ1n) is 2.96. The average Bonchev–Trinajstić information content (AvgIpc) is 2.40. The molecule has 0 aliphatic rings. The molecule has 5 nitrogen and oxygen atoms in total. The van der Waals surface area contributed by atoms with Gasteiger partial charge in [-0.05, 0) is 6.92 Å². The SMILES string of the molecule is CC(CO)Nc1nnco1. The molecule has 0 spiro atoms. The Labute approximate surface area is 58.1 Å². The van der Waals surface area contributed by atoms with E-state index in [0.717, 1.165) is 0 Å². The minimum absolute atomic E-state index is 0.0440. The van der Waals surface area contributed by atoms with Gasteiger partial charge in [-0.1, -0.05) is 5.10 Å². The first-order chi connectivity index (χ1) is 4.83. The maximum atomic E-state index is 8.58. The van der Waals surface area contributed by atoms with Gasteiger partial charge in [0.15, 0.2) is 0 Å². The summed E-state index contributed by atoms with van der Waals surface area (Å²) in [6.45, 7) is 1.85. The van der Waals surface area contributed by atoms with Crippen molar-refractivity contribution in [3.63, 3.8) is 0 Å². The lowest BCUT2D eigenvalue weighted by Gasteiger charge is -2.05. The van der Waals surface area contributed by atoms with Crippen molar-refractivity contribution in [2.24, 2.45) is 0 Å². The minimum Gasteiger partial charge on any atom is -0.411 e. The second-order valence-electron chi connectivity index (χ2n) is 1.97. The highest BCUT2D eigenvalue weighted by molar-refractivity contribution is 5.17. The third-order valence-electron chi connectivity index (χ3n) is 1.00. The van der Waals surface area contributed by atoms with E-state index in [1.54, 1.807) is 0 Å². The van der Waals surface area contributed by atoms with Crippen LogP contribution in [0, 0.1) is 0 Å². The Morgan fingerprint density at radius 1 is 1.90 bits per heavy atom. The molecule has 56 valence electrons. The Morgan fingerprint density at radius 2 is 2.70 bits per heavy atom. The molecule has 0 fully saturated rings. The summed E-state index contributed by atoms with van der Waals surface area (Å²) in [5, 5.41) is 18.4. The van der Waals surface area contributed by atoms with Crippen LogP contribution in [-0.2, 0) is 0 Å². The molecule has 1 aromatic rings. The molecule has 1 heterocycles. The molecule has 0 saturated heterocycles. The Morgan fingerprint density at radius 3 is 3.20 bits per heavy atom. The molecule has 0 aliphatic carbocycles. The zero-order valence-electron chi connectivity index (χ0n) is 5.61. The van der Waals surface area contributed by atoms with Gasteiger partial charge in [0.05, 0.1) is 12.6 Å². The van der Waals surface area contributed by atoms with Crippen LogP contribution in [0.25, 0.3) is 0 Å². The number of aliphatic hydroxyl groups excluding tert-OH is 1. The largest absolute Gasteiger partial charge is 0.411 e.